The molecule has 0 radical (unpaired) electrons. The van der Waals surface area contributed by atoms with Crippen molar-refractivity contribution in [2.24, 2.45) is 0 Å². The van der Waals surface area contributed by atoms with E-state index in [0.29, 0.717) is 12.1 Å². The molecule has 3 rings (SSSR count). The lowest BCUT2D eigenvalue weighted by Gasteiger charge is -2.13. The lowest BCUT2D eigenvalue weighted by Crippen LogP contribution is -2.27. The van der Waals surface area contributed by atoms with Crippen LogP contribution in [0.15, 0.2) is 60.9 Å². The van der Waals surface area contributed by atoms with Crippen LogP contribution < -0.4 is 5.32 Å². The zero-order valence-electron chi connectivity index (χ0n) is 12.4. The third-order valence-electron chi connectivity index (χ3n) is 3.67. The van der Waals surface area contributed by atoms with Gasteiger partial charge in [-0.05, 0) is 29.7 Å². The number of hydrogen-bond acceptors (Lipinski definition) is 3. The van der Waals surface area contributed by atoms with Gasteiger partial charge in [0, 0.05) is 24.5 Å². The second kappa shape index (κ2) is 6.35. The first-order valence-corrected chi connectivity index (χ1v) is 7.28. The number of amides is 1. The minimum atomic E-state index is -0.0877. The molecule has 1 aromatic heterocycles. The molecule has 1 amide bonds. The summed E-state index contributed by atoms with van der Waals surface area (Å²) in [5, 5.41) is 2.97. The van der Waals surface area contributed by atoms with Gasteiger partial charge in [-0.1, -0.05) is 37.3 Å². The van der Waals surface area contributed by atoms with Crippen LogP contribution in [-0.4, -0.2) is 22.4 Å². The Morgan fingerprint density at radius 1 is 1.05 bits per heavy atom. The van der Waals surface area contributed by atoms with Crippen molar-refractivity contribution >= 4 is 16.9 Å². The van der Waals surface area contributed by atoms with E-state index in [2.05, 4.69) is 34.3 Å². The number of nitrogens with one attached hydrogen (secondary N) is 1. The van der Waals surface area contributed by atoms with Crippen molar-refractivity contribution in [3.05, 3.63) is 72.1 Å². The molecule has 110 valence electrons. The van der Waals surface area contributed by atoms with Gasteiger partial charge in [-0.2, -0.15) is 0 Å². The van der Waals surface area contributed by atoms with Gasteiger partial charge in [0.2, 0.25) is 0 Å². The zero-order chi connectivity index (χ0) is 15.4. The van der Waals surface area contributed by atoms with Crippen LogP contribution in [0.1, 0.15) is 28.8 Å². The van der Waals surface area contributed by atoms with E-state index in [9.17, 15) is 4.79 Å². The predicted molar refractivity (Wildman–Crippen MR) is 86.7 cm³/mol. The number of nitrogens with zero attached hydrogens (tertiary/aromatic N) is 2. The number of carbonyl (C=O) groups is 1. The van der Waals surface area contributed by atoms with E-state index < -0.39 is 0 Å². The van der Waals surface area contributed by atoms with Gasteiger partial charge in [-0.3, -0.25) is 14.8 Å². The first-order chi connectivity index (χ1) is 10.7. The summed E-state index contributed by atoms with van der Waals surface area (Å²) in [7, 11) is 0. The number of fused-ring (bicyclic) bond motifs is 1. The highest BCUT2D eigenvalue weighted by atomic mass is 16.1. The molecule has 0 fully saturated rings. The maximum absolute atomic E-state index is 12.3. The molecule has 1 N–H and O–H groups in total. The second-order valence-corrected chi connectivity index (χ2v) is 5.28. The highest BCUT2D eigenvalue weighted by molar-refractivity contribution is 5.97. The average Bonchev–Trinajstić information content (AvgIpc) is 2.59. The van der Waals surface area contributed by atoms with Crippen molar-refractivity contribution in [2.75, 3.05) is 6.54 Å². The Balaban J connectivity index is 1.68. The molecule has 0 unspecified atom stereocenters. The molecular weight excluding hydrogens is 274 g/mol. The number of aromatic nitrogens is 2. The summed E-state index contributed by atoms with van der Waals surface area (Å²) >= 11 is 0. The van der Waals surface area contributed by atoms with Crippen molar-refractivity contribution in [1.29, 1.82) is 0 Å². The molecule has 0 aliphatic heterocycles. The maximum Gasteiger partial charge on any atom is 0.251 e. The van der Waals surface area contributed by atoms with E-state index in [0.717, 1.165) is 11.0 Å². The highest BCUT2D eigenvalue weighted by Crippen LogP contribution is 2.14. The summed E-state index contributed by atoms with van der Waals surface area (Å²) in [6, 6.07) is 15.5. The molecule has 4 nitrogen and oxygen atoms in total. The molecule has 0 aliphatic rings. The third kappa shape index (κ3) is 3.11. The summed E-state index contributed by atoms with van der Waals surface area (Å²) in [4.78, 5) is 20.7. The second-order valence-electron chi connectivity index (χ2n) is 5.28. The molecular formula is C18H17N3O. The van der Waals surface area contributed by atoms with E-state index in [1.807, 2.05) is 24.3 Å². The molecule has 22 heavy (non-hydrogen) atoms. The lowest BCUT2D eigenvalue weighted by molar-refractivity contribution is 0.0952. The Labute approximate surface area is 129 Å². The Bertz CT molecular complexity index is 786. The van der Waals surface area contributed by atoms with E-state index in [1.165, 1.54) is 5.56 Å². The van der Waals surface area contributed by atoms with Gasteiger partial charge < -0.3 is 5.32 Å². The van der Waals surface area contributed by atoms with Crippen LogP contribution in [0, 0.1) is 0 Å². The van der Waals surface area contributed by atoms with Crippen molar-refractivity contribution in [1.82, 2.24) is 15.3 Å². The monoisotopic (exact) mass is 291 g/mol. The maximum atomic E-state index is 12.3. The van der Waals surface area contributed by atoms with Gasteiger partial charge in [-0.15, -0.1) is 0 Å². The minimum absolute atomic E-state index is 0.0877. The fourth-order valence-corrected chi connectivity index (χ4v) is 2.35. The Morgan fingerprint density at radius 3 is 2.55 bits per heavy atom. The van der Waals surface area contributed by atoms with Crippen molar-refractivity contribution in [3.63, 3.8) is 0 Å². The summed E-state index contributed by atoms with van der Waals surface area (Å²) < 4.78 is 0. The van der Waals surface area contributed by atoms with Crippen molar-refractivity contribution in [2.45, 2.75) is 12.8 Å². The van der Waals surface area contributed by atoms with E-state index in [4.69, 9.17) is 0 Å². The normalized spacial score (nSPS) is 12.0. The molecule has 4 heteroatoms. The third-order valence-corrected chi connectivity index (χ3v) is 3.67. The average molecular weight is 291 g/mol. The minimum Gasteiger partial charge on any atom is -0.351 e. The highest BCUT2D eigenvalue weighted by Gasteiger charge is 2.10. The summed E-state index contributed by atoms with van der Waals surface area (Å²) in [5.41, 5.74) is 3.34. The quantitative estimate of drug-likeness (QED) is 0.803. The van der Waals surface area contributed by atoms with Gasteiger partial charge in [-0.25, -0.2) is 0 Å². The smallest absolute Gasteiger partial charge is 0.251 e. The molecule has 1 atom stereocenters. The number of carbonyl (C=O) groups excluding carboxylic acids is 1. The van der Waals surface area contributed by atoms with Gasteiger partial charge in [0.15, 0.2) is 0 Å². The molecule has 0 saturated carbocycles. The largest absolute Gasteiger partial charge is 0.351 e. The Morgan fingerprint density at radius 2 is 1.77 bits per heavy atom. The van der Waals surface area contributed by atoms with Crippen molar-refractivity contribution < 1.29 is 4.79 Å². The molecule has 3 aromatic rings. The number of hydrogen-bond donors (Lipinski definition) is 1. The van der Waals surface area contributed by atoms with Crippen LogP contribution in [-0.2, 0) is 0 Å². The molecule has 0 spiro atoms. The molecule has 1 heterocycles. The molecule has 0 bridgehead atoms. The zero-order valence-corrected chi connectivity index (χ0v) is 12.4. The fraction of sp³-hybridized carbons (Fsp3) is 0.167. The van der Waals surface area contributed by atoms with Crippen LogP contribution in [0.3, 0.4) is 0 Å². The van der Waals surface area contributed by atoms with Crippen LogP contribution >= 0.6 is 0 Å². The van der Waals surface area contributed by atoms with Crippen LogP contribution in [0.2, 0.25) is 0 Å². The van der Waals surface area contributed by atoms with Crippen molar-refractivity contribution in [3.8, 4) is 0 Å². The predicted octanol–water partition coefficient (Wildman–Crippen LogP) is 3.16. The standard InChI is InChI=1S/C18H17N3O/c1-13(14-5-3-2-4-6-14)12-21-18(22)15-7-8-16-17(11-15)20-10-9-19-16/h2-11,13H,12H2,1H3,(H,21,22)/t13-/m0/s1. The van der Waals surface area contributed by atoms with Crippen LogP contribution in [0.25, 0.3) is 11.0 Å². The van der Waals surface area contributed by atoms with Gasteiger partial charge >= 0.3 is 0 Å². The number of rotatable bonds is 4. The molecule has 0 aliphatic carbocycles. The summed E-state index contributed by atoms with van der Waals surface area (Å²) in [6.45, 7) is 2.70. The van der Waals surface area contributed by atoms with Gasteiger partial charge in [0.25, 0.3) is 5.91 Å². The SMILES string of the molecule is C[C@@H](CNC(=O)c1ccc2nccnc2c1)c1ccccc1. The Kier molecular flexibility index (Phi) is 4.10. The van der Waals surface area contributed by atoms with Crippen LogP contribution in [0.4, 0.5) is 0 Å². The lowest BCUT2D eigenvalue weighted by atomic mass is 10.0. The van der Waals surface area contributed by atoms with E-state index in [1.54, 1.807) is 24.5 Å². The van der Waals surface area contributed by atoms with Gasteiger partial charge in [0.05, 0.1) is 11.0 Å². The van der Waals surface area contributed by atoms with Gasteiger partial charge in [0.1, 0.15) is 0 Å². The first kappa shape index (κ1) is 14.2. The fourth-order valence-electron chi connectivity index (χ4n) is 2.35. The Hall–Kier alpha value is -2.75. The molecule has 0 saturated heterocycles. The summed E-state index contributed by atoms with van der Waals surface area (Å²) in [5.74, 6) is 0.181. The van der Waals surface area contributed by atoms with E-state index in [-0.39, 0.29) is 11.8 Å². The first-order valence-electron chi connectivity index (χ1n) is 7.28. The topological polar surface area (TPSA) is 54.9 Å². The number of benzene rings is 2. The van der Waals surface area contributed by atoms with Crippen LogP contribution in [0.5, 0.6) is 0 Å². The summed E-state index contributed by atoms with van der Waals surface area (Å²) in [6.07, 6.45) is 3.27. The van der Waals surface area contributed by atoms with E-state index >= 15 is 0 Å². The molecule has 2 aromatic carbocycles.